The van der Waals surface area contributed by atoms with Crippen molar-refractivity contribution in [1.29, 1.82) is 0 Å². The zero-order valence-corrected chi connectivity index (χ0v) is 28.0. The second-order valence-electron chi connectivity index (χ2n) is 11.7. The Labute approximate surface area is 262 Å². The number of anilines is 2. The summed E-state index contributed by atoms with van der Waals surface area (Å²) in [7, 11) is 0.450. The summed E-state index contributed by atoms with van der Waals surface area (Å²) in [5, 5.41) is 0. The highest BCUT2D eigenvalue weighted by atomic mass is 32.3. The summed E-state index contributed by atoms with van der Waals surface area (Å²) in [6, 6.07) is 28.6. The van der Waals surface area contributed by atoms with E-state index in [0.717, 1.165) is 16.9 Å². The number of carbonyl (C=O) groups excluding carboxylic acids is 1. The maximum Gasteiger partial charge on any atom is 0.514 e. The molecule has 4 aromatic rings. The third-order valence-electron chi connectivity index (χ3n) is 6.60. The minimum absolute atomic E-state index is 0.0379. The maximum absolute atomic E-state index is 14.1. The Kier molecular flexibility index (Phi) is 9.68. The molecule has 0 atom stereocenters. The molecule has 0 radical (unpaired) electrons. The van der Waals surface area contributed by atoms with Crippen molar-refractivity contribution in [2.45, 2.75) is 52.9 Å². The summed E-state index contributed by atoms with van der Waals surface area (Å²) in [5.74, 6) is 0.194. The molecular weight excluding hydrogens is 597 g/mol. The molecule has 0 aromatic heterocycles. The summed E-state index contributed by atoms with van der Waals surface area (Å²) >= 11 is 0. The highest BCUT2D eigenvalue weighted by molar-refractivity contribution is 8.33. The van der Waals surface area contributed by atoms with Gasteiger partial charge in [0, 0.05) is 54.3 Å². The van der Waals surface area contributed by atoms with Crippen LogP contribution >= 0.6 is 10.3 Å². The average Bonchev–Trinajstić information content (AvgIpc) is 2.95. The predicted octanol–water partition coefficient (Wildman–Crippen LogP) is 8.04. The number of hydrogen-bond acceptors (Lipinski definition) is 8. The molecule has 234 valence electrons. The number of rotatable bonds is 9. The van der Waals surface area contributed by atoms with Crippen LogP contribution in [0.15, 0.2) is 117 Å². The van der Waals surface area contributed by atoms with Crippen LogP contribution in [0.3, 0.4) is 0 Å². The Morgan fingerprint density at radius 1 is 0.659 bits per heavy atom. The fourth-order valence-corrected chi connectivity index (χ4v) is 9.57. The first kappa shape index (κ1) is 32.9. The molecule has 10 heteroatoms. The summed E-state index contributed by atoms with van der Waals surface area (Å²) in [5.41, 5.74) is 2.05. The van der Waals surface area contributed by atoms with Crippen LogP contribution in [0.25, 0.3) is 0 Å². The number of ether oxygens (including phenoxy) is 2. The largest absolute Gasteiger partial charge is 0.514 e. The first-order chi connectivity index (χ1) is 20.6. The van der Waals surface area contributed by atoms with Crippen LogP contribution in [-0.4, -0.2) is 48.4 Å². The van der Waals surface area contributed by atoms with Crippen molar-refractivity contribution >= 4 is 38.0 Å². The van der Waals surface area contributed by atoms with E-state index in [-0.39, 0.29) is 10.6 Å². The van der Waals surface area contributed by atoms with Crippen LogP contribution in [0.1, 0.15) is 26.3 Å². The first-order valence-corrected chi connectivity index (χ1v) is 17.0. The number of aryl methyl sites for hydroxylation is 1. The number of nitrogens with zero attached hydrogens (tertiary/aromatic N) is 2. The van der Waals surface area contributed by atoms with Gasteiger partial charge in [0.05, 0.1) is 4.90 Å². The Balaban J connectivity index is 1.99. The topological polar surface area (TPSA) is 85.4 Å². The van der Waals surface area contributed by atoms with Crippen molar-refractivity contribution in [3.05, 3.63) is 103 Å². The average molecular weight is 637 g/mol. The van der Waals surface area contributed by atoms with Crippen LogP contribution in [0.4, 0.5) is 16.2 Å². The molecule has 0 spiro atoms. The molecule has 0 aliphatic rings. The third-order valence-corrected chi connectivity index (χ3v) is 11.8. The lowest BCUT2D eigenvalue weighted by Crippen LogP contribution is -2.26. The molecule has 0 aliphatic heterocycles. The van der Waals surface area contributed by atoms with Gasteiger partial charge >= 0.3 is 16.3 Å². The van der Waals surface area contributed by atoms with E-state index >= 15 is 0 Å². The van der Waals surface area contributed by atoms with Crippen LogP contribution < -0.4 is 14.5 Å². The monoisotopic (exact) mass is 636 g/mol. The summed E-state index contributed by atoms with van der Waals surface area (Å²) in [6.45, 7) is 7.14. The summed E-state index contributed by atoms with van der Waals surface area (Å²) in [6.07, 6.45) is -0.867. The molecule has 0 saturated heterocycles. The summed E-state index contributed by atoms with van der Waals surface area (Å²) < 4.78 is 45.7. The van der Waals surface area contributed by atoms with E-state index < -0.39 is 32.2 Å². The number of carbonyl (C=O) groups is 1. The van der Waals surface area contributed by atoms with Gasteiger partial charge < -0.3 is 19.3 Å². The van der Waals surface area contributed by atoms with Crippen molar-refractivity contribution in [3.63, 3.8) is 0 Å². The molecule has 0 aliphatic carbocycles. The van der Waals surface area contributed by atoms with Gasteiger partial charge in [-0.1, -0.05) is 23.8 Å². The Hall–Kier alpha value is -3.99. The minimum atomic E-state index is -4.31. The van der Waals surface area contributed by atoms with Crippen molar-refractivity contribution < 1.29 is 26.3 Å². The number of hydrogen-bond donors (Lipinski definition) is 0. The lowest BCUT2D eigenvalue weighted by molar-refractivity contribution is 0.0205. The van der Waals surface area contributed by atoms with Crippen LogP contribution in [0.5, 0.6) is 5.75 Å². The normalized spacial score (nSPS) is 12.4. The molecule has 0 unspecified atom stereocenters. The number of benzene rings is 4. The Morgan fingerprint density at radius 2 is 1.14 bits per heavy atom. The highest BCUT2D eigenvalue weighted by Gasteiger charge is 2.39. The van der Waals surface area contributed by atoms with Crippen molar-refractivity contribution in [2.75, 3.05) is 38.0 Å². The Bertz CT molecular complexity index is 1640. The zero-order chi connectivity index (χ0) is 32.3. The SMILES string of the molecule is Cc1ccc(S(=O)(=O)OS(c2ccc(N(C)C)cc2)(c2ccc(N(C)C)cc2)c2cccc(OC(=O)OC(C)(C)C)c2)cc1. The second-order valence-corrected chi connectivity index (χ2v) is 16.2. The second kappa shape index (κ2) is 12.9. The van der Waals surface area contributed by atoms with Gasteiger partial charge in [0.25, 0.3) is 0 Å². The quantitative estimate of drug-likeness (QED) is 0.135. The van der Waals surface area contributed by atoms with E-state index in [1.54, 1.807) is 69.3 Å². The molecule has 0 fully saturated rings. The van der Waals surface area contributed by atoms with Gasteiger partial charge in [0.1, 0.15) is 11.4 Å². The lowest BCUT2D eigenvalue weighted by atomic mass is 10.2. The zero-order valence-electron chi connectivity index (χ0n) is 26.4. The molecule has 0 saturated carbocycles. The molecule has 4 aromatic carbocycles. The smallest absolute Gasteiger partial charge is 0.428 e. The van der Waals surface area contributed by atoms with Gasteiger partial charge in [-0.2, -0.15) is 8.42 Å². The van der Waals surface area contributed by atoms with E-state index in [1.165, 1.54) is 0 Å². The highest BCUT2D eigenvalue weighted by Crippen LogP contribution is 2.70. The molecule has 44 heavy (non-hydrogen) atoms. The van der Waals surface area contributed by atoms with Gasteiger partial charge in [0.2, 0.25) is 0 Å². The van der Waals surface area contributed by atoms with Crippen LogP contribution in [0.2, 0.25) is 0 Å². The van der Waals surface area contributed by atoms with Gasteiger partial charge in [0.15, 0.2) is 0 Å². The fourth-order valence-electron chi connectivity index (χ4n) is 4.36. The maximum atomic E-state index is 14.1. The van der Waals surface area contributed by atoms with Crippen molar-refractivity contribution in [1.82, 2.24) is 0 Å². The van der Waals surface area contributed by atoms with E-state index in [1.807, 2.05) is 93.4 Å². The molecule has 0 N–H and O–H groups in total. The van der Waals surface area contributed by atoms with Gasteiger partial charge in [-0.25, -0.2) is 8.42 Å². The van der Waals surface area contributed by atoms with Crippen molar-refractivity contribution in [3.8, 4) is 5.75 Å². The molecular formula is C34H40N2O6S2. The molecule has 0 amide bonds. The summed E-state index contributed by atoms with van der Waals surface area (Å²) in [4.78, 5) is 18.4. The lowest BCUT2D eigenvalue weighted by Gasteiger charge is -2.39. The van der Waals surface area contributed by atoms with Gasteiger partial charge in [-0.15, -0.1) is 0 Å². The van der Waals surface area contributed by atoms with E-state index in [2.05, 4.69) is 0 Å². The minimum Gasteiger partial charge on any atom is -0.428 e. The van der Waals surface area contributed by atoms with Crippen molar-refractivity contribution in [2.24, 2.45) is 0 Å². The van der Waals surface area contributed by atoms with Crippen LogP contribution in [0, 0.1) is 6.92 Å². The molecule has 0 heterocycles. The van der Waals surface area contributed by atoms with E-state index in [0.29, 0.717) is 14.7 Å². The van der Waals surface area contributed by atoms with Crippen LogP contribution in [-0.2, 0) is 18.5 Å². The van der Waals surface area contributed by atoms with E-state index in [9.17, 15) is 13.2 Å². The van der Waals surface area contributed by atoms with Gasteiger partial charge in [-0.05, 0) is 117 Å². The third kappa shape index (κ3) is 7.56. The van der Waals surface area contributed by atoms with E-state index in [4.69, 9.17) is 13.1 Å². The molecule has 0 bridgehead atoms. The first-order valence-electron chi connectivity index (χ1n) is 14.0. The Morgan fingerprint density at radius 3 is 1.59 bits per heavy atom. The predicted molar refractivity (Wildman–Crippen MR) is 177 cm³/mol. The van der Waals surface area contributed by atoms with Gasteiger partial charge in [-0.3, -0.25) is 0 Å². The standard InChI is InChI=1S/C34H40N2O6S2/c1-25-12-18-31(19-13-25)44(38,39)42-43(29-20-14-26(15-21-29)35(5)6,30-22-16-27(17-23-30)36(7)8)32-11-9-10-28(24-32)40-33(37)41-34(2,3)4/h9-24H,1-8H3. The molecule has 4 rings (SSSR count). The molecule has 8 nitrogen and oxygen atoms in total. The fraction of sp³-hybridized carbons (Fsp3) is 0.265.